The van der Waals surface area contributed by atoms with E-state index in [9.17, 15) is 17.6 Å². The predicted molar refractivity (Wildman–Crippen MR) is 73.3 cm³/mol. The molecule has 0 radical (unpaired) electrons. The van der Waals surface area contributed by atoms with Gasteiger partial charge in [-0.3, -0.25) is 0 Å². The fourth-order valence-electron chi connectivity index (χ4n) is 1.91. The molecule has 4 nitrogen and oxygen atoms in total. The summed E-state index contributed by atoms with van der Waals surface area (Å²) >= 11 is 0. The molecule has 120 valence electrons. The molecule has 1 N–H and O–H groups in total. The minimum atomic E-state index is -4.51. The van der Waals surface area contributed by atoms with Crippen LogP contribution in [0, 0.1) is 0 Å². The largest absolute Gasteiger partial charge is 0.461 e. The molecule has 0 aliphatic carbocycles. The van der Waals surface area contributed by atoms with Crippen molar-refractivity contribution in [1.29, 1.82) is 0 Å². The summed E-state index contributed by atoms with van der Waals surface area (Å²) in [5.74, 6) is -0.314. The molecule has 1 heterocycles. The quantitative estimate of drug-likeness (QED) is 0.792. The van der Waals surface area contributed by atoms with Crippen LogP contribution in [-0.4, -0.2) is 29.0 Å². The van der Waals surface area contributed by atoms with Crippen LogP contribution in [0.2, 0.25) is 0 Å². The molecule has 0 aliphatic rings. The number of aromatic amines is 1. The van der Waals surface area contributed by atoms with Crippen LogP contribution in [0.5, 0.6) is 5.75 Å². The topological polar surface area (TPSA) is 41.2 Å². The van der Waals surface area contributed by atoms with E-state index in [4.69, 9.17) is 0 Å². The second-order valence-corrected chi connectivity index (χ2v) is 4.55. The Morgan fingerprint density at radius 3 is 2.73 bits per heavy atom. The van der Waals surface area contributed by atoms with Crippen molar-refractivity contribution in [1.82, 2.24) is 9.97 Å². The number of H-pyrrole nitrogens is 1. The minimum Gasteiger partial charge on any atom is -0.428 e. The van der Waals surface area contributed by atoms with Crippen molar-refractivity contribution >= 4 is 5.69 Å². The Morgan fingerprint density at radius 2 is 2.14 bits per heavy atom. The lowest BCUT2D eigenvalue weighted by atomic mass is 10.2. The fourth-order valence-corrected chi connectivity index (χ4v) is 1.91. The van der Waals surface area contributed by atoms with Gasteiger partial charge in [0, 0.05) is 24.5 Å². The van der Waals surface area contributed by atoms with Crippen molar-refractivity contribution in [3.8, 4) is 5.75 Å². The summed E-state index contributed by atoms with van der Waals surface area (Å²) in [5, 5.41) is 0. The van der Waals surface area contributed by atoms with E-state index in [0.717, 1.165) is 5.69 Å². The number of benzene rings is 1. The van der Waals surface area contributed by atoms with Crippen molar-refractivity contribution in [3.63, 3.8) is 0 Å². The molecule has 2 rings (SSSR count). The lowest BCUT2D eigenvalue weighted by Crippen LogP contribution is -2.33. The number of hydrogen-bond acceptors (Lipinski definition) is 3. The van der Waals surface area contributed by atoms with E-state index in [2.05, 4.69) is 14.7 Å². The van der Waals surface area contributed by atoms with Gasteiger partial charge in [-0.2, -0.15) is 17.6 Å². The fraction of sp³-hybridized carbons (Fsp3) is 0.357. The molecule has 8 heteroatoms. The monoisotopic (exact) mass is 317 g/mol. The molecule has 0 saturated carbocycles. The highest BCUT2D eigenvalue weighted by atomic mass is 19.3. The molecular formula is C14H15F4N3O. The molecule has 1 aromatic heterocycles. The van der Waals surface area contributed by atoms with Gasteiger partial charge in [0.15, 0.2) is 0 Å². The van der Waals surface area contributed by atoms with Gasteiger partial charge >= 0.3 is 12.5 Å². The van der Waals surface area contributed by atoms with E-state index in [1.165, 1.54) is 24.5 Å². The molecule has 0 unspecified atom stereocenters. The number of ether oxygens (including phenoxy) is 1. The van der Waals surface area contributed by atoms with Crippen molar-refractivity contribution < 1.29 is 22.3 Å². The first-order valence-corrected chi connectivity index (χ1v) is 6.59. The third-order valence-electron chi connectivity index (χ3n) is 2.99. The summed E-state index contributed by atoms with van der Waals surface area (Å²) in [6, 6.07) is 5.68. The highest BCUT2D eigenvalue weighted by molar-refractivity contribution is 5.50. The Morgan fingerprint density at radius 1 is 1.36 bits per heavy atom. The van der Waals surface area contributed by atoms with E-state index >= 15 is 0 Å². The highest BCUT2D eigenvalue weighted by Crippen LogP contribution is 2.30. The Bertz CT molecular complexity index is 590. The summed E-state index contributed by atoms with van der Waals surface area (Å²) in [5.41, 5.74) is 1.42. The van der Waals surface area contributed by atoms with Crippen LogP contribution in [-0.2, 0) is 6.54 Å². The summed E-state index contributed by atoms with van der Waals surface area (Å²) in [7, 11) is 0. The second kappa shape index (κ2) is 6.67. The summed E-state index contributed by atoms with van der Waals surface area (Å²) in [6.07, 6.45) is -5.22. The smallest absolute Gasteiger partial charge is 0.428 e. The maximum Gasteiger partial charge on any atom is 0.461 e. The molecule has 22 heavy (non-hydrogen) atoms. The zero-order chi connectivity index (χ0) is 16.2. The van der Waals surface area contributed by atoms with Crippen molar-refractivity contribution in [2.45, 2.75) is 26.0 Å². The van der Waals surface area contributed by atoms with Crippen LogP contribution in [0.4, 0.5) is 23.2 Å². The Kier molecular flexibility index (Phi) is 4.89. The summed E-state index contributed by atoms with van der Waals surface area (Å²) < 4.78 is 54.4. The Balaban J connectivity index is 2.15. The van der Waals surface area contributed by atoms with Crippen LogP contribution in [0.15, 0.2) is 36.8 Å². The number of alkyl halides is 4. The number of nitrogens with one attached hydrogen (secondary N) is 1. The van der Waals surface area contributed by atoms with Gasteiger partial charge in [-0.25, -0.2) is 4.98 Å². The first-order chi connectivity index (χ1) is 10.4. The lowest BCUT2D eigenvalue weighted by molar-refractivity contribution is -0.253. The lowest BCUT2D eigenvalue weighted by Gasteiger charge is -2.24. The predicted octanol–water partition coefficient (Wildman–Crippen LogP) is 3.67. The Labute approximate surface area is 124 Å². The third kappa shape index (κ3) is 3.90. The molecule has 0 spiro atoms. The average Bonchev–Trinajstić information content (AvgIpc) is 2.97. The van der Waals surface area contributed by atoms with Gasteiger partial charge in [-0.1, -0.05) is 6.07 Å². The summed E-state index contributed by atoms with van der Waals surface area (Å²) in [6.45, 7) is 2.95. The first-order valence-electron chi connectivity index (χ1n) is 6.59. The zero-order valence-corrected chi connectivity index (χ0v) is 11.8. The molecule has 0 aliphatic heterocycles. The van der Waals surface area contributed by atoms with Crippen LogP contribution in [0.3, 0.4) is 0 Å². The average molecular weight is 317 g/mol. The zero-order valence-electron chi connectivity index (χ0n) is 11.8. The van der Waals surface area contributed by atoms with E-state index in [1.54, 1.807) is 12.3 Å². The maximum atomic E-state index is 13.0. The normalized spacial score (nSPS) is 11.7. The molecular weight excluding hydrogens is 302 g/mol. The SMILES string of the molecule is CCN(Cc1cnc[nH]1)c1cccc(OC(F)(F)C(F)F)c1. The molecule has 0 amide bonds. The van der Waals surface area contributed by atoms with Gasteiger partial charge < -0.3 is 14.6 Å². The van der Waals surface area contributed by atoms with Gasteiger partial charge in [0.05, 0.1) is 18.6 Å². The second-order valence-electron chi connectivity index (χ2n) is 4.55. The number of nitrogens with zero attached hydrogens (tertiary/aromatic N) is 2. The van der Waals surface area contributed by atoms with E-state index in [0.29, 0.717) is 18.8 Å². The molecule has 0 saturated heterocycles. The maximum absolute atomic E-state index is 13.0. The highest BCUT2D eigenvalue weighted by Gasteiger charge is 2.44. The van der Waals surface area contributed by atoms with Crippen molar-refractivity contribution in [2.75, 3.05) is 11.4 Å². The molecule has 0 fully saturated rings. The van der Waals surface area contributed by atoms with Gasteiger partial charge in [-0.05, 0) is 19.1 Å². The molecule has 2 aromatic rings. The molecule has 1 aromatic carbocycles. The van der Waals surface area contributed by atoms with Crippen LogP contribution in [0.1, 0.15) is 12.6 Å². The number of rotatable bonds is 7. The van der Waals surface area contributed by atoms with E-state index in [1.807, 2.05) is 11.8 Å². The third-order valence-corrected chi connectivity index (χ3v) is 2.99. The van der Waals surface area contributed by atoms with Crippen molar-refractivity contribution in [2.24, 2.45) is 0 Å². The number of imidazole rings is 1. The standard InChI is InChI=1S/C14H15F4N3O/c1-2-21(8-10-7-19-9-20-10)11-4-3-5-12(6-11)22-14(17,18)13(15)16/h3-7,9,13H,2,8H2,1H3,(H,19,20). The first kappa shape index (κ1) is 16.1. The summed E-state index contributed by atoms with van der Waals surface area (Å²) in [4.78, 5) is 8.70. The van der Waals surface area contributed by atoms with Gasteiger partial charge in [0.25, 0.3) is 0 Å². The molecule has 0 bridgehead atoms. The van der Waals surface area contributed by atoms with Crippen LogP contribution < -0.4 is 9.64 Å². The van der Waals surface area contributed by atoms with Gasteiger partial charge in [0.2, 0.25) is 0 Å². The Hall–Kier alpha value is -2.25. The van der Waals surface area contributed by atoms with Gasteiger partial charge in [0.1, 0.15) is 5.75 Å². The van der Waals surface area contributed by atoms with Crippen LogP contribution in [0.25, 0.3) is 0 Å². The number of aromatic nitrogens is 2. The van der Waals surface area contributed by atoms with E-state index < -0.39 is 12.5 Å². The number of anilines is 1. The minimum absolute atomic E-state index is 0.314. The number of hydrogen-bond donors (Lipinski definition) is 1. The van der Waals surface area contributed by atoms with E-state index in [-0.39, 0.29) is 5.75 Å². The van der Waals surface area contributed by atoms with Gasteiger partial charge in [-0.15, -0.1) is 0 Å². The molecule has 0 atom stereocenters. The number of halogens is 4. The van der Waals surface area contributed by atoms with Crippen LogP contribution >= 0.6 is 0 Å². The van der Waals surface area contributed by atoms with Crippen molar-refractivity contribution in [3.05, 3.63) is 42.5 Å².